The maximum Gasteiger partial charge on any atom is 0.240 e. The lowest BCUT2D eigenvalue weighted by Crippen LogP contribution is -2.62. The van der Waals surface area contributed by atoms with E-state index in [0.29, 0.717) is 29.7 Å². The minimum absolute atomic E-state index is 0.105. The first kappa shape index (κ1) is 25.9. The number of nitrogens with zero attached hydrogens (tertiary/aromatic N) is 2. The van der Waals surface area contributed by atoms with E-state index in [1.54, 1.807) is 12.0 Å². The third kappa shape index (κ3) is 4.67. The van der Waals surface area contributed by atoms with Gasteiger partial charge in [0, 0.05) is 43.8 Å². The Balaban J connectivity index is 1.33. The molecule has 0 radical (unpaired) electrons. The van der Waals surface area contributed by atoms with E-state index < -0.39 is 24.2 Å². The molecule has 5 fully saturated rings. The summed E-state index contributed by atoms with van der Waals surface area (Å²) in [5.74, 6) is 1.08. The lowest BCUT2D eigenvalue weighted by Gasteiger charge is -2.62. The Morgan fingerprint density at radius 2 is 2.03 bits per heavy atom. The maximum absolute atomic E-state index is 13.8. The van der Waals surface area contributed by atoms with Gasteiger partial charge in [0.1, 0.15) is 12.1 Å². The van der Waals surface area contributed by atoms with Gasteiger partial charge in [-0.2, -0.15) is 5.06 Å². The number of benzene rings is 1. The second-order valence-electron chi connectivity index (χ2n) is 12.1. The number of amides is 1. The van der Waals surface area contributed by atoms with E-state index >= 15 is 0 Å². The number of fused-ring (bicyclic) bond motifs is 2. The number of carbonyl (C=O) groups is 1. The zero-order valence-electron chi connectivity index (χ0n) is 22.2. The van der Waals surface area contributed by atoms with Gasteiger partial charge in [-0.3, -0.25) is 9.63 Å². The Kier molecular flexibility index (Phi) is 7.36. The summed E-state index contributed by atoms with van der Waals surface area (Å²) < 4.78 is 0. The van der Waals surface area contributed by atoms with Crippen LogP contribution in [0.4, 0.5) is 5.69 Å². The van der Waals surface area contributed by atoms with Crippen LogP contribution in [0.2, 0.25) is 0 Å². The SMILES string of the molecule is CC(O)C1[C@H](CO)ON(Cc2cccc(N3CCNCC3)c2)[C@@H]1C(=O)NC1C[C@H]2CC([C@@H]1C)C2(C)C. The quantitative estimate of drug-likeness (QED) is 0.453. The molecule has 4 unspecified atom stereocenters. The molecule has 1 aromatic carbocycles. The summed E-state index contributed by atoms with van der Waals surface area (Å²) in [6.45, 7) is 12.7. The number of hydrogen-bond acceptors (Lipinski definition) is 7. The molecule has 0 aromatic heterocycles. The molecule has 1 aromatic rings. The van der Waals surface area contributed by atoms with Gasteiger partial charge in [-0.25, -0.2) is 0 Å². The van der Waals surface area contributed by atoms with Gasteiger partial charge >= 0.3 is 0 Å². The number of carbonyl (C=O) groups excluding carboxylic acids is 1. The van der Waals surface area contributed by atoms with E-state index in [2.05, 4.69) is 48.4 Å². The van der Waals surface area contributed by atoms with Crippen LogP contribution < -0.4 is 15.5 Å². The number of nitrogens with one attached hydrogen (secondary N) is 2. The van der Waals surface area contributed by atoms with Gasteiger partial charge in [-0.1, -0.05) is 32.9 Å². The molecule has 5 aliphatic rings. The Morgan fingerprint density at radius 1 is 1.28 bits per heavy atom. The van der Waals surface area contributed by atoms with Crippen LogP contribution in [-0.2, 0) is 16.2 Å². The van der Waals surface area contributed by atoms with Crippen molar-refractivity contribution in [1.29, 1.82) is 0 Å². The molecule has 6 rings (SSSR count). The molecule has 36 heavy (non-hydrogen) atoms. The van der Waals surface area contributed by atoms with Crippen LogP contribution in [0.15, 0.2) is 24.3 Å². The highest BCUT2D eigenvalue weighted by atomic mass is 16.7. The van der Waals surface area contributed by atoms with Crippen LogP contribution in [0, 0.1) is 29.1 Å². The molecule has 200 valence electrons. The summed E-state index contributed by atoms with van der Waals surface area (Å²) in [4.78, 5) is 22.3. The van der Waals surface area contributed by atoms with Gasteiger partial charge in [-0.15, -0.1) is 0 Å². The first-order valence-electron chi connectivity index (χ1n) is 13.8. The first-order valence-corrected chi connectivity index (χ1v) is 13.8. The summed E-state index contributed by atoms with van der Waals surface area (Å²) in [5, 5.41) is 29.1. The standard InChI is InChI=1S/C28H44N4O4/c1-17-22-13-20(28(22,3)4)14-23(17)30-27(35)26-25(18(2)34)24(16-33)36-32(26)15-19-6-5-7-21(12-19)31-10-8-29-9-11-31/h5-7,12,17-18,20,22-26,29,33-34H,8-11,13-16H2,1-4H3,(H,30,35)/t17-,18?,20+,22?,23?,24-,25?,26-/m0/s1. The lowest BCUT2D eigenvalue weighted by atomic mass is 9.45. The van der Waals surface area contributed by atoms with Crippen molar-refractivity contribution in [3.63, 3.8) is 0 Å². The van der Waals surface area contributed by atoms with Crippen LogP contribution in [-0.4, -0.2) is 78.3 Å². The Labute approximate surface area is 215 Å². The largest absolute Gasteiger partial charge is 0.394 e. The summed E-state index contributed by atoms with van der Waals surface area (Å²) in [6, 6.07) is 7.85. The molecule has 0 spiro atoms. The van der Waals surface area contributed by atoms with Gasteiger partial charge < -0.3 is 25.7 Å². The molecule has 8 heteroatoms. The second-order valence-corrected chi connectivity index (χ2v) is 12.1. The first-order chi connectivity index (χ1) is 17.2. The molecular formula is C28H44N4O4. The Morgan fingerprint density at radius 3 is 2.67 bits per heavy atom. The van der Waals surface area contributed by atoms with Crippen LogP contribution >= 0.6 is 0 Å². The third-order valence-electron chi connectivity index (χ3n) is 9.79. The van der Waals surface area contributed by atoms with Gasteiger partial charge in [0.05, 0.1) is 19.3 Å². The minimum atomic E-state index is -0.786. The van der Waals surface area contributed by atoms with Gasteiger partial charge in [0.2, 0.25) is 5.91 Å². The summed E-state index contributed by atoms with van der Waals surface area (Å²) >= 11 is 0. The summed E-state index contributed by atoms with van der Waals surface area (Å²) in [5.41, 5.74) is 2.56. The number of hydroxylamine groups is 2. The van der Waals surface area contributed by atoms with Gasteiger partial charge in [-0.05, 0) is 60.6 Å². The van der Waals surface area contributed by atoms with Crippen LogP contribution in [0.3, 0.4) is 0 Å². The van der Waals surface area contributed by atoms with E-state index in [0.717, 1.165) is 43.9 Å². The monoisotopic (exact) mass is 500 g/mol. The number of aliphatic hydroxyl groups is 2. The molecule has 2 aliphatic heterocycles. The van der Waals surface area contributed by atoms with Crippen LogP contribution in [0.1, 0.15) is 46.1 Å². The fourth-order valence-electron chi connectivity index (χ4n) is 7.44. The molecule has 2 bridgehead atoms. The topological polar surface area (TPSA) is 97.3 Å². The van der Waals surface area contributed by atoms with Crippen molar-refractivity contribution >= 4 is 11.6 Å². The molecular weight excluding hydrogens is 456 g/mol. The normalized spacial score (nSPS) is 36.8. The zero-order chi connectivity index (χ0) is 25.6. The average Bonchev–Trinajstić information content (AvgIpc) is 3.24. The second kappa shape index (κ2) is 10.2. The zero-order valence-corrected chi connectivity index (χ0v) is 22.2. The van der Waals surface area contributed by atoms with E-state index in [9.17, 15) is 15.0 Å². The van der Waals surface area contributed by atoms with Gasteiger partial charge in [0.15, 0.2) is 0 Å². The van der Waals surface area contributed by atoms with Crippen molar-refractivity contribution < 1.29 is 19.8 Å². The molecule has 3 saturated carbocycles. The molecule has 8 nitrogen and oxygen atoms in total. The number of rotatable bonds is 7. The lowest BCUT2D eigenvalue weighted by molar-refractivity contribution is -0.183. The predicted octanol–water partition coefficient (Wildman–Crippen LogP) is 1.76. The van der Waals surface area contributed by atoms with Crippen LogP contribution in [0.25, 0.3) is 0 Å². The Bertz CT molecular complexity index is 934. The van der Waals surface area contributed by atoms with Crippen molar-refractivity contribution in [3.05, 3.63) is 29.8 Å². The van der Waals surface area contributed by atoms with E-state index in [-0.39, 0.29) is 18.6 Å². The summed E-state index contributed by atoms with van der Waals surface area (Å²) in [7, 11) is 0. The average molecular weight is 501 g/mol. The number of piperazine rings is 1. The highest BCUT2D eigenvalue weighted by Gasteiger charge is 2.57. The molecule has 1 amide bonds. The Hall–Kier alpha value is -1.71. The molecule has 4 N–H and O–H groups in total. The molecule has 2 heterocycles. The van der Waals surface area contributed by atoms with Crippen molar-refractivity contribution in [2.45, 2.75) is 71.4 Å². The number of hydrogen-bond donors (Lipinski definition) is 4. The summed E-state index contributed by atoms with van der Waals surface area (Å²) in [6.07, 6.45) is 0.852. The fourth-order valence-corrected chi connectivity index (χ4v) is 7.44. The van der Waals surface area contributed by atoms with Crippen molar-refractivity contribution in [3.8, 4) is 0 Å². The molecule has 2 saturated heterocycles. The van der Waals surface area contributed by atoms with E-state index in [1.807, 2.05) is 12.1 Å². The molecule has 3 aliphatic carbocycles. The van der Waals surface area contributed by atoms with Crippen molar-refractivity contribution in [2.75, 3.05) is 37.7 Å². The van der Waals surface area contributed by atoms with Crippen molar-refractivity contribution in [2.24, 2.45) is 29.1 Å². The number of anilines is 1. The maximum atomic E-state index is 13.8. The van der Waals surface area contributed by atoms with Gasteiger partial charge in [0.25, 0.3) is 0 Å². The molecule has 8 atom stereocenters. The highest BCUT2D eigenvalue weighted by molar-refractivity contribution is 5.82. The number of aliphatic hydroxyl groups excluding tert-OH is 2. The smallest absolute Gasteiger partial charge is 0.240 e. The minimum Gasteiger partial charge on any atom is -0.394 e. The van der Waals surface area contributed by atoms with E-state index in [1.165, 1.54) is 6.42 Å². The fraction of sp³-hybridized carbons (Fsp3) is 0.750. The third-order valence-corrected chi connectivity index (χ3v) is 9.79. The predicted molar refractivity (Wildman–Crippen MR) is 139 cm³/mol. The van der Waals surface area contributed by atoms with Crippen LogP contribution in [0.5, 0.6) is 0 Å². The van der Waals surface area contributed by atoms with Crippen molar-refractivity contribution in [1.82, 2.24) is 15.7 Å². The highest BCUT2D eigenvalue weighted by Crippen LogP contribution is 2.61. The van der Waals surface area contributed by atoms with E-state index in [4.69, 9.17) is 4.84 Å².